The van der Waals surface area contributed by atoms with Crippen LogP contribution in [0.3, 0.4) is 0 Å². The molecule has 1 aliphatic rings. The molecule has 1 aliphatic carbocycles. The molecule has 0 saturated heterocycles. The van der Waals surface area contributed by atoms with Gasteiger partial charge in [-0.1, -0.05) is 17.7 Å². The molecule has 140 valence electrons. The van der Waals surface area contributed by atoms with Gasteiger partial charge in [0.2, 0.25) is 0 Å². The van der Waals surface area contributed by atoms with Crippen LogP contribution in [0.1, 0.15) is 35.1 Å². The number of hydrogen-bond acceptors (Lipinski definition) is 5. The van der Waals surface area contributed by atoms with E-state index >= 15 is 0 Å². The van der Waals surface area contributed by atoms with Crippen LogP contribution in [0.2, 0.25) is 5.02 Å². The number of benzene rings is 1. The fraction of sp³-hybridized carbons (Fsp3) is 0.316. The van der Waals surface area contributed by atoms with Gasteiger partial charge >= 0.3 is 5.97 Å². The number of fused-ring (bicyclic) bond motifs is 1. The third kappa shape index (κ3) is 3.70. The lowest BCUT2D eigenvalue weighted by Crippen LogP contribution is -2.36. The van der Waals surface area contributed by atoms with Crippen molar-refractivity contribution in [3.63, 3.8) is 0 Å². The fourth-order valence-corrected chi connectivity index (χ4v) is 4.00. The van der Waals surface area contributed by atoms with E-state index in [0.717, 1.165) is 34.4 Å². The van der Waals surface area contributed by atoms with Gasteiger partial charge < -0.3 is 10.1 Å². The SMILES string of the molecule is Cc1nn(-c2cccc(Cl)c2)c2sc(C(=O)O[C@@H](C)C(=O)NC3CC3)cc12. The van der Waals surface area contributed by atoms with Gasteiger partial charge in [0.1, 0.15) is 9.71 Å². The fourth-order valence-electron chi connectivity index (χ4n) is 2.75. The van der Waals surface area contributed by atoms with Crippen LogP contribution in [0.5, 0.6) is 0 Å². The highest BCUT2D eigenvalue weighted by molar-refractivity contribution is 7.20. The summed E-state index contributed by atoms with van der Waals surface area (Å²) >= 11 is 7.37. The van der Waals surface area contributed by atoms with Crippen molar-refractivity contribution < 1.29 is 14.3 Å². The third-order valence-electron chi connectivity index (χ3n) is 4.38. The highest BCUT2D eigenvalue weighted by Crippen LogP contribution is 2.31. The molecule has 0 spiro atoms. The number of hydrogen-bond donors (Lipinski definition) is 1. The zero-order valence-corrected chi connectivity index (χ0v) is 16.4. The minimum Gasteiger partial charge on any atom is -0.448 e. The average Bonchev–Trinajstić information content (AvgIpc) is 3.24. The first-order valence-corrected chi connectivity index (χ1v) is 9.88. The summed E-state index contributed by atoms with van der Waals surface area (Å²) in [6.45, 7) is 3.47. The molecule has 0 unspecified atom stereocenters. The number of amides is 1. The van der Waals surface area contributed by atoms with Crippen molar-refractivity contribution in [1.29, 1.82) is 0 Å². The number of ether oxygens (including phenoxy) is 1. The van der Waals surface area contributed by atoms with Crippen molar-refractivity contribution in [3.05, 3.63) is 45.9 Å². The van der Waals surface area contributed by atoms with E-state index in [4.69, 9.17) is 16.3 Å². The summed E-state index contributed by atoms with van der Waals surface area (Å²) in [5.74, 6) is -0.764. The zero-order valence-electron chi connectivity index (χ0n) is 14.9. The Balaban J connectivity index is 1.58. The normalized spacial score (nSPS) is 14.9. The monoisotopic (exact) mass is 403 g/mol. The smallest absolute Gasteiger partial charge is 0.349 e. The Kier molecular flexibility index (Phi) is 4.65. The van der Waals surface area contributed by atoms with Gasteiger partial charge in [-0.25, -0.2) is 9.48 Å². The van der Waals surface area contributed by atoms with Crippen LogP contribution in [-0.4, -0.2) is 33.8 Å². The van der Waals surface area contributed by atoms with E-state index in [2.05, 4.69) is 10.4 Å². The summed E-state index contributed by atoms with van der Waals surface area (Å²) < 4.78 is 7.10. The Morgan fingerprint density at radius 2 is 2.15 bits per heavy atom. The molecule has 6 nitrogen and oxygen atoms in total. The van der Waals surface area contributed by atoms with E-state index in [-0.39, 0.29) is 11.9 Å². The average molecular weight is 404 g/mol. The van der Waals surface area contributed by atoms with E-state index in [1.165, 1.54) is 11.3 Å². The van der Waals surface area contributed by atoms with Gasteiger partial charge in [0, 0.05) is 16.5 Å². The maximum absolute atomic E-state index is 12.5. The quantitative estimate of drug-likeness (QED) is 0.656. The van der Waals surface area contributed by atoms with Gasteiger partial charge in [-0.3, -0.25) is 4.79 Å². The van der Waals surface area contributed by atoms with E-state index in [9.17, 15) is 9.59 Å². The molecular weight excluding hydrogens is 386 g/mol. The van der Waals surface area contributed by atoms with Gasteiger partial charge in [-0.15, -0.1) is 11.3 Å². The standard InChI is InChI=1S/C19H18ClN3O3S/c1-10-15-9-16(19(25)26-11(2)17(24)21-13-6-7-13)27-18(15)23(22-10)14-5-3-4-12(20)8-14/h3-5,8-9,11,13H,6-7H2,1-2H3,(H,21,24)/t11-/m0/s1. The topological polar surface area (TPSA) is 73.2 Å². The predicted molar refractivity (Wildman–Crippen MR) is 105 cm³/mol. The van der Waals surface area contributed by atoms with Crippen molar-refractivity contribution in [2.45, 2.75) is 38.8 Å². The summed E-state index contributed by atoms with van der Waals surface area (Å²) in [4.78, 5) is 25.8. The van der Waals surface area contributed by atoms with Crippen LogP contribution in [0.4, 0.5) is 0 Å². The van der Waals surface area contributed by atoms with Crippen molar-refractivity contribution in [3.8, 4) is 5.69 Å². The van der Waals surface area contributed by atoms with Crippen molar-refractivity contribution in [2.24, 2.45) is 0 Å². The molecule has 27 heavy (non-hydrogen) atoms. The van der Waals surface area contributed by atoms with Crippen LogP contribution in [0.15, 0.2) is 30.3 Å². The number of carbonyl (C=O) groups is 2. The molecule has 1 N–H and O–H groups in total. The zero-order chi connectivity index (χ0) is 19.1. The Hall–Kier alpha value is -2.38. The Bertz CT molecular complexity index is 1040. The second-order valence-electron chi connectivity index (χ2n) is 6.64. The molecule has 8 heteroatoms. The number of carbonyl (C=O) groups excluding carboxylic acids is 2. The van der Waals surface area contributed by atoms with Crippen LogP contribution in [0, 0.1) is 6.92 Å². The Morgan fingerprint density at radius 1 is 1.37 bits per heavy atom. The molecule has 1 aromatic carbocycles. The molecule has 2 aromatic heterocycles. The first-order chi connectivity index (χ1) is 12.9. The molecule has 1 fully saturated rings. The third-order valence-corrected chi connectivity index (χ3v) is 5.70. The lowest BCUT2D eigenvalue weighted by molar-refractivity contribution is -0.129. The molecule has 4 rings (SSSR count). The first kappa shape index (κ1) is 18.0. The van der Waals surface area contributed by atoms with Crippen molar-refractivity contribution in [2.75, 3.05) is 0 Å². The number of aryl methyl sites for hydroxylation is 1. The van der Waals surface area contributed by atoms with Crippen LogP contribution >= 0.6 is 22.9 Å². The number of aromatic nitrogens is 2. The molecule has 0 bridgehead atoms. The van der Waals surface area contributed by atoms with E-state index < -0.39 is 12.1 Å². The number of nitrogens with zero attached hydrogens (tertiary/aromatic N) is 2. The number of nitrogens with one attached hydrogen (secondary N) is 1. The van der Waals surface area contributed by atoms with Gasteiger partial charge in [0.25, 0.3) is 5.91 Å². The Morgan fingerprint density at radius 3 is 2.85 bits per heavy atom. The number of thiophene rings is 1. The molecule has 1 atom stereocenters. The molecular formula is C19H18ClN3O3S. The van der Waals surface area contributed by atoms with E-state index in [1.54, 1.807) is 23.7 Å². The largest absolute Gasteiger partial charge is 0.448 e. The first-order valence-electron chi connectivity index (χ1n) is 8.69. The van der Waals surface area contributed by atoms with Crippen LogP contribution in [-0.2, 0) is 9.53 Å². The van der Waals surface area contributed by atoms with Gasteiger partial charge in [-0.05, 0) is 51.0 Å². The number of rotatable bonds is 5. The summed E-state index contributed by atoms with van der Waals surface area (Å²) in [5, 5.41) is 8.87. The summed E-state index contributed by atoms with van der Waals surface area (Å²) in [7, 11) is 0. The minimum absolute atomic E-state index is 0.231. The Labute approximate surface area is 165 Å². The lowest BCUT2D eigenvalue weighted by Gasteiger charge is -2.12. The molecule has 0 aliphatic heterocycles. The number of esters is 1. The molecule has 0 radical (unpaired) electrons. The summed E-state index contributed by atoms with van der Waals surface area (Å²) in [6, 6.07) is 9.36. The lowest BCUT2D eigenvalue weighted by atomic mass is 10.3. The van der Waals surface area contributed by atoms with Crippen LogP contribution in [0.25, 0.3) is 15.9 Å². The van der Waals surface area contributed by atoms with Gasteiger partial charge in [0.15, 0.2) is 6.10 Å². The predicted octanol–water partition coefficient (Wildman–Crippen LogP) is 3.87. The summed E-state index contributed by atoms with van der Waals surface area (Å²) in [5.41, 5.74) is 1.62. The van der Waals surface area contributed by atoms with Gasteiger partial charge in [0.05, 0.1) is 11.4 Å². The highest BCUT2D eigenvalue weighted by atomic mass is 35.5. The summed E-state index contributed by atoms with van der Waals surface area (Å²) in [6.07, 6.45) is 1.15. The van der Waals surface area contributed by atoms with E-state index in [1.807, 2.05) is 25.1 Å². The minimum atomic E-state index is -0.825. The highest BCUT2D eigenvalue weighted by Gasteiger charge is 2.28. The van der Waals surface area contributed by atoms with Gasteiger partial charge in [-0.2, -0.15) is 5.10 Å². The van der Waals surface area contributed by atoms with Crippen molar-refractivity contribution in [1.82, 2.24) is 15.1 Å². The molecule has 1 saturated carbocycles. The maximum Gasteiger partial charge on any atom is 0.349 e. The maximum atomic E-state index is 12.5. The van der Waals surface area contributed by atoms with E-state index in [0.29, 0.717) is 9.90 Å². The number of halogens is 1. The van der Waals surface area contributed by atoms with Crippen molar-refractivity contribution >= 4 is 45.0 Å². The molecule has 2 heterocycles. The van der Waals surface area contributed by atoms with Crippen LogP contribution < -0.4 is 5.32 Å². The second kappa shape index (κ2) is 6.98. The molecule has 3 aromatic rings. The second-order valence-corrected chi connectivity index (χ2v) is 8.10. The molecule has 1 amide bonds.